The number of nitrogens with zero attached hydrogens (tertiary/aromatic N) is 1. The van der Waals surface area contributed by atoms with Gasteiger partial charge in [-0.25, -0.2) is 0 Å². The normalized spacial score (nSPS) is 18.2. The largest absolute Gasteiger partial charge is 0.454 e. The van der Waals surface area contributed by atoms with Gasteiger partial charge in [0, 0.05) is 24.5 Å². The minimum atomic E-state index is -4.90. The minimum Gasteiger partial charge on any atom is -0.365 e. The van der Waals surface area contributed by atoms with Crippen molar-refractivity contribution in [1.29, 1.82) is 0 Å². The Morgan fingerprint density at radius 1 is 1.29 bits per heavy atom. The number of carbonyl (C=O) groups excluding carboxylic acids is 2. The highest BCUT2D eigenvalue weighted by molar-refractivity contribution is 5.96. The summed E-state index contributed by atoms with van der Waals surface area (Å²) in [6, 6.07) is 5.08. The van der Waals surface area contributed by atoms with Gasteiger partial charge < -0.3 is 10.2 Å². The molecule has 1 saturated heterocycles. The first-order chi connectivity index (χ1) is 11.2. The zero-order chi connectivity index (χ0) is 17.9. The first-order valence-electron chi connectivity index (χ1n) is 7.61. The monoisotopic (exact) mass is 340 g/mol. The molecule has 1 aromatic rings. The van der Waals surface area contributed by atoms with E-state index in [2.05, 4.69) is 5.32 Å². The van der Waals surface area contributed by atoms with Gasteiger partial charge in [-0.1, -0.05) is 12.1 Å². The second-order valence-electron chi connectivity index (χ2n) is 5.88. The molecule has 130 valence electrons. The van der Waals surface area contributed by atoms with Crippen molar-refractivity contribution in [3.8, 4) is 0 Å². The molecule has 1 fully saturated rings. The third-order valence-electron chi connectivity index (χ3n) is 3.94. The molecule has 1 heterocycles. The van der Waals surface area contributed by atoms with Crippen molar-refractivity contribution < 1.29 is 22.8 Å². The standard InChI is InChI=1S/C17H19F3N2O2/c1-11-5-6-12(2)13(10-11)21-16(24)14-4-3-8-22(14)9-7-15(23)17(18,19)20/h5-7,9-10,14H,3-4,8H2,1-2H3,(H,21,24)/b9-7+/t14-/m0/s1. The second-order valence-corrected chi connectivity index (χ2v) is 5.88. The molecular weight excluding hydrogens is 321 g/mol. The van der Waals surface area contributed by atoms with E-state index in [1.807, 2.05) is 32.0 Å². The Hall–Kier alpha value is -2.31. The molecule has 7 heteroatoms. The highest BCUT2D eigenvalue weighted by atomic mass is 19.4. The van der Waals surface area contributed by atoms with E-state index in [1.54, 1.807) is 0 Å². The molecule has 0 spiro atoms. The summed E-state index contributed by atoms with van der Waals surface area (Å²) in [5.41, 5.74) is 2.58. The van der Waals surface area contributed by atoms with Crippen LogP contribution in [-0.2, 0) is 9.59 Å². The summed E-state index contributed by atoms with van der Waals surface area (Å²) in [5, 5.41) is 2.82. The molecule has 1 atom stereocenters. The maximum absolute atomic E-state index is 12.4. The van der Waals surface area contributed by atoms with Crippen molar-refractivity contribution in [2.75, 3.05) is 11.9 Å². The molecule has 1 aliphatic rings. The van der Waals surface area contributed by atoms with E-state index in [9.17, 15) is 22.8 Å². The number of ketones is 1. The van der Waals surface area contributed by atoms with Crippen LogP contribution in [0.5, 0.6) is 0 Å². The minimum absolute atomic E-state index is 0.287. The maximum atomic E-state index is 12.4. The summed E-state index contributed by atoms with van der Waals surface area (Å²) in [5.74, 6) is -2.21. The Labute approximate surface area is 138 Å². The number of rotatable bonds is 4. The van der Waals surface area contributed by atoms with Crippen LogP contribution in [0.3, 0.4) is 0 Å². The van der Waals surface area contributed by atoms with Crippen molar-refractivity contribution in [2.45, 2.75) is 38.9 Å². The fourth-order valence-electron chi connectivity index (χ4n) is 2.59. The van der Waals surface area contributed by atoms with Crippen LogP contribution in [0.1, 0.15) is 24.0 Å². The van der Waals surface area contributed by atoms with Gasteiger partial charge in [-0.15, -0.1) is 0 Å². The summed E-state index contributed by atoms with van der Waals surface area (Å²) in [4.78, 5) is 24.8. The number of likely N-dealkylation sites (tertiary alicyclic amines) is 1. The van der Waals surface area contributed by atoms with E-state index in [0.717, 1.165) is 17.3 Å². The predicted octanol–water partition coefficient (Wildman–Crippen LogP) is 3.35. The summed E-state index contributed by atoms with van der Waals surface area (Å²) >= 11 is 0. The Balaban J connectivity index is 2.07. The smallest absolute Gasteiger partial charge is 0.365 e. The highest BCUT2D eigenvalue weighted by Gasteiger charge is 2.37. The van der Waals surface area contributed by atoms with Gasteiger partial charge in [0.25, 0.3) is 5.78 Å². The number of hydrogen-bond donors (Lipinski definition) is 1. The van der Waals surface area contributed by atoms with Gasteiger partial charge >= 0.3 is 6.18 Å². The lowest BCUT2D eigenvalue weighted by Gasteiger charge is -2.22. The Kier molecular flexibility index (Phi) is 5.31. The van der Waals surface area contributed by atoms with Crippen LogP contribution in [0, 0.1) is 13.8 Å². The van der Waals surface area contributed by atoms with Crippen LogP contribution in [-0.4, -0.2) is 35.4 Å². The van der Waals surface area contributed by atoms with Gasteiger partial charge in [-0.3, -0.25) is 9.59 Å². The summed E-state index contributed by atoms with van der Waals surface area (Å²) in [7, 11) is 0. The van der Waals surface area contributed by atoms with E-state index < -0.39 is 18.0 Å². The molecule has 1 N–H and O–H groups in total. The Bertz CT molecular complexity index is 668. The number of allylic oxidation sites excluding steroid dienone is 1. The van der Waals surface area contributed by atoms with E-state index in [-0.39, 0.29) is 5.91 Å². The molecule has 1 aliphatic heterocycles. The number of carbonyl (C=O) groups is 2. The van der Waals surface area contributed by atoms with Crippen LogP contribution in [0.2, 0.25) is 0 Å². The number of anilines is 1. The lowest BCUT2D eigenvalue weighted by Crippen LogP contribution is -2.37. The third-order valence-corrected chi connectivity index (χ3v) is 3.94. The SMILES string of the molecule is Cc1ccc(C)c(NC(=O)[C@@H]2CCCN2/C=C/C(=O)C(F)(F)F)c1. The molecule has 0 saturated carbocycles. The fourth-order valence-corrected chi connectivity index (χ4v) is 2.59. The lowest BCUT2D eigenvalue weighted by molar-refractivity contribution is -0.165. The average Bonchev–Trinajstić information content (AvgIpc) is 2.96. The first kappa shape index (κ1) is 18.0. The number of alkyl halides is 3. The molecule has 1 amide bonds. The fraction of sp³-hybridized carbons (Fsp3) is 0.412. The van der Waals surface area contributed by atoms with Gasteiger partial charge in [0.05, 0.1) is 0 Å². The molecule has 0 bridgehead atoms. The van der Waals surface area contributed by atoms with Gasteiger partial charge in [0.2, 0.25) is 5.91 Å². The molecular formula is C17H19F3N2O2. The Morgan fingerprint density at radius 2 is 2.00 bits per heavy atom. The molecule has 0 unspecified atom stereocenters. The van der Waals surface area contributed by atoms with Crippen LogP contribution < -0.4 is 5.32 Å². The van der Waals surface area contributed by atoms with Crippen molar-refractivity contribution in [3.05, 3.63) is 41.6 Å². The van der Waals surface area contributed by atoms with Crippen molar-refractivity contribution in [3.63, 3.8) is 0 Å². The predicted molar refractivity (Wildman–Crippen MR) is 84.5 cm³/mol. The average molecular weight is 340 g/mol. The van der Waals surface area contributed by atoms with Crippen LogP contribution in [0.4, 0.5) is 18.9 Å². The maximum Gasteiger partial charge on any atom is 0.454 e. The number of nitrogens with one attached hydrogen (secondary N) is 1. The number of aryl methyl sites for hydroxylation is 2. The van der Waals surface area contributed by atoms with Crippen LogP contribution in [0.25, 0.3) is 0 Å². The molecule has 2 rings (SSSR count). The van der Waals surface area contributed by atoms with E-state index in [4.69, 9.17) is 0 Å². The van der Waals surface area contributed by atoms with E-state index in [0.29, 0.717) is 31.1 Å². The van der Waals surface area contributed by atoms with Crippen LogP contribution in [0.15, 0.2) is 30.5 Å². The summed E-state index contributed by atoms with van der Waals surface area (Å²) in [6.45, 7) is 4.21. The first-order valence-corrected chi connectivity index (χ1v) is 7.61. The zero-order valence-electron chi connectivity index (χ0n) is 13.5. The van der Waals surface area contributed by atoms with Crippen molar-refractivity contribution >= 4 is 17.4 Å². The summed E-state index contributed by atoms with van der Waals surface area (Å²) < 4.78 is 36.7. The van der Waals surface area contributed by atoms with Gasteiger partial charge in [-0.2, -0.15) is 13.2 Å². The molecule has 24 heavy (non-hydrogen) atoms. The van der Waals surface area contributed by atoms with Gasteiger partial charge in [0.1, 0.15) is 6.04 Å². The lowest BCUT2D eigenvalue weighted by atomic mass is 10.1. The number of benzene rings is 1. The molecule has 0 aromatic heterocycles. The van der Waals surface area contributed by atoms with Crippen molar-refractivity contribution in [2.24, 2.45) is 0 Å². The number of amides is 1. The third kappa shape index (κ3) is 4.37. The van der Waals surface area contributed by atoms with Crippen molar-refractivity contribution in [1.82, 2.24) is 4.90 Å². The Morgan fingerprint density at radius 3 is 2.67 bits per heavy atom. The second kappa shape index (κ2) is 7.07. The van der Waals surface area contributed by atoms with Crippen LogP contribution >= 0.6 is 0 Å². The van der Waals surface area contributed by atoms with E-state index >= 15 is 0 Å². The zero-order valence-corrected chi connectivity index (χ0v) is 13.5. The van der Waals surface area contributed by atoms with E-state index in [1.165, 1.54) is 4.90 Å². The summed E-state index contributed by atoms with van der Waals surface area (Å²) in [6.07, 6.45) is -2.15. The molecule has 0 radical (unpaired) electrons. The van der Waals surface area contributed by atoms with Gasteiger partial charge in [0.15, 0.2) is 0 Å². The quantitative estimate of drug-likeness (QED) is 0.855. The molecule has 4 nitrogen and oxygen atoms in total. The number of hydrogen-bond acceptors (Lipinski definition) is 3. The molecule has 0 aliphatic carbocycles. The number of halogens is 3. The highest BCUT2D eigenvalue weighted by Crippen LogP contribution is 2.23. The van der Waals surface area contributed by atoms with Gasteiger partial charge in [-0.05, 0) is 43.9 Å². The topological polar surface area (TPSA) is 49.4 Å². The molecule has 1 aromatic carbocycles.